The van der Waals surface area contributed by atoms with Crippen molar-refractivity contribution in [3.8, 4) is 17.2 Å². The van der Waals surface area contributed by atoms with Crippen LogP contribution in [0, 0.1) is 6.92 Å². The second kappa shape index (κ2) is 9.47. The quantitative estimate of drug-likeness (QED) is 0.645. The number of rotatable bonds is 6. The Hall–Kier alpha value is -3.00. The zero-order chi connectivity index (χ0) is 20.8. The van der Waals surface area contributed by atoms with Crippen LogP contribution in [0.15, 0.2) is 40.9 Å². The van der Waals surface area contributed by atoms with Crippen LogP contribution in [0.3, 0.4) is 0 Å². The number of fused-ring (bicyclic) bond motifs is 1. The van der Waals surface area contributed by atoms with E-state index < -0.39 is 0 Å². The van der Waals surface area contributed by atoms with Gasteiger partial charge >= 0.3 is 0 Å². The van der Waals surface area contributed by atoms with E-state index in [0.717, 1.165) is 15.6 Å². The van der Waals surface area contributed by atoms with E-state index in [9.17, 15) is 9.59 Å². The molecule has 3 rings (SSSR count). The van der Waals surface area contributed by atoms with Crippen LogP contribution in [0.2, 0.25) is 0 Å². The molecule has 0 atom stereocenters. The topological polar surface area (TPSA) is 85.9 Å². The zero-order valence-electron chi connectivity index (χ0n) is 16.1. The lowest BCUT2D eigenvalue weighted by Gasteiger charge is -2.20. The molecule has 2 aromatic rings. The molecular weight excluding hydrogens is 440 g/mol. The van der Waals surface area contributed by atoms with E-state index in [1.54, 1.807) is 31.4 Å². The average molecular weight is 461 g/mol. The van der Waals surface area contributed by atoms with Gasteiger partial charge in [-0.05, 0) is 54.5 Å². The third-order valence-corrected chi connectivity index (χ3v) is 4.66. The van der Waals surface area contributed by atoms with E-state index in [1.807, 2.05) is 19.1 Å². The van der Waals surface area contributed by atoms with Gasteiger partial charge in [-0.25, -0.2) is 0 Å². The molecule has 0 saturated heterocycles. The number of carbonyl (C=O) groups is 2. The van der Waals surface area contributed by atoms with E-state index in [-0.39, 0.29) is 18.4 Å². The molecule has 2 amide bonds. The summed E-state index contributed by atoms with van der Waals surface area (Å²) in [5.74, 6) is 0.964. The third kappa shape index (κ3) is 5.51. The highest BCUT2D eigenvalue weighted by Crippen LogP contribution is 2.40. The molecule has 7 nitrogen and oxygen atoms in total. The average Bonchev–Trinajstić information content (AvgIpc) is 2.72. The number of amides is 2. The first-order valence-electron chi connectivity index (χ1n) is 8.96. The van der Waals surface area contributed by atoms with E-state index in [2.05, 4.69) is 26.6 Å². The molecule has 0 aromatic heterocycles. The molecule has 8 heteroatoms. The maximum Gasteiger partial charge on any atom is 0.244 e. The largest absolute Gasteiger partial charge is 0.493 e. The van der Waals surface area contributed by atoms with Gasteiger partial charge in [0, 0.05) is 16.2 Å². The number of benzene rings is 2. The van der Waals surface area contributed by atoms with Crippen molar-refractivity contribution in [1.82, 2.24) is 5.32 Å². The van der Waals surface area contributed by atoms with Crippen LogP contribution in [0.4, 0.5) is 5.69 Å². The van der Waals surface area contributed by atoms with Crippen LogP contribution in [0.25, 0.3) is 6.08 Å². The van der Waals surface area contributed by atoms with Crippen molar-refractivity contribution >= 4 is 39.5 Å². The predicted octanol–water partition coefficient (Wildman–Crippen LogP) is 3.31. The van der Waals surface area contributed by atoms with Crippen LogP contribution in [0.1, 0.15) is 11.1 Å². The van der Waals surface area contributed by atoms with Gasteiger partial charge in [-0.15, -0.1) is 0 Å². The molecule has 1 aliphatic rings. The summed E-state index contributed by atoms with van der Waals surface area (Å²) in [6.45, 7) is 2.67. The molecular formula is C21H21BrN2O5. The Kier molecular flexibility index (Phi) is 6.77. The second-order valence-corrected chi connectivity index (χ2v) is 7.22. The number of hydrogen-bond donors (Lipinski definition) is 2. The summed E-state index contributed by atoms with van der Waals surface area (Å²) >= 11 is 3.38. The zero-order valence-corrected chi connectivity index (χ0v) is 17.7. The van der Waals surface area contributed by atoms with E-state index in [4.69, 9.17) is 14.2 Å². The molecule has 1 heterocycles. The molecule has 0 saturated carbocycles. The lowest BCUT2D eigenvalue weighted by Crippen LogP contribution is -2.31. The van der Waals surface area contributed by atoms with Gasteiger partial charge in [0.2, 0.25) is 17.6 Å². The maximum atomic E-state index is 12.1. The minimum Gasteiger partial charge on any atom is -0.493 e. The lowest BCUT2D eigenvalue weighted by molar-refractivity contribution is -0.121. The number of methoxy groups -OCH3 is 1. The second-order valence-electron chi connectivity index (χ2n) is 6.31. The molecule has 0 bridgehead atoms. The minimum atomic E-state index is -0.387. The van der Waals surface area contributed by atoms with Gasteiger partial charge in [-0.2, -0.15) is 0 Å². The van der Waals surface area contributed by atoms with Gasteiger partial charge in [0.05, 0.1) is 13.7 Å². The van der Waals surface area contributed by atoms with Crippen molar-refractivity contribution in [3.05, 3.63) is 52.0 Å². The van der Waals surface area contributed by atoms with Gasteiger partial charge < -0.3 is 24.8 Å². The first kappa shape index (κ1) is 20.7. The molecule has 0 spiro atoms. The van der Waals surface area contributed by atoms with Crippen molar-refractivity contribution in [1.29, 1.82) is 0 Å². The first-order chi connectivity index (χ1) is 14.0. The van der Waals surface area contributed by atoms with Crippen molar-refractivity contribution in [2.45, 2.75) is 6.92 Å². The third-order valence-electron chi connectivity index (χ3n) is 4.16. The van der Waals surface area contributed by atoms with E-state index in [0.29, 0.717) is 36.1 Å². The predicted molar refractivity (Wildman–Crippen MR) is 114 cm³/mol. The Morgan fingerprint density at radius 2 is 2.00 bits per heavy atom. The van der Waals surface area contributed by atoms with Gasteiger partial charge in [-0.1, -0.05) is 15.9 Å². The number of nitrogens with one attached hydrogen (secondary N) is 2. The summed E-state index contributed by atoms with van der Waals surface area (Å²) in [4.78, 5) is 24.1. The van der Waals surface area contributed by atoms with Crippen LogP contribution >= 0.6 is 15.9 Å². The van der Waals surface area contributed by atoms with Gasteiger partial charge in [-0.3, -0.25) is 9.59 Å². The van der Waals surface area contributed by atoms with Crippen molar-refractivity contribution in [3.63, 3.8) is 0 Å². The van der Waals surface area contributed by atoms with Crippen molar-refractivity contribution < 1.29 is 23.8 Å². The standard InChI is InChI=1S/C21H21BrN2O5/c1-13-9-15(22)4-5-16(13)24-20(26)12-23-19(25)6-3-14-10-17(27-2)21-18(11-14)28-7-8-29-21/h3-6,9-11H,7-8,12H2,1-2H3,(H,23,25)(H,24,26)/b6-3+. The fraction of sp³-hybridized carbons (Fsp3) is 0.238. The monoisotopic (exact) mass is 460 g/mol. The summed E-state index contributed by atoms with van der Waals surface area (Å²) in [7, 11) is 1.54. The molecule has 0 fully saturated rings. The van der Waals surface area contributed by atoms with Gasteiger partial charge in [0.1, 0.15) is 13.2 Å². The summed E-state index contributed by atoms with van der Waals surface area (Å²) < 4.78 is 17.4. The molecule has 2 aromatic carbocycles. The highest BCUT2D eigenvalue weighted by atomic mass is 79.9. The Morgan fingerprint density at radius 1 is 1.21 bits per heavy atom. The first-order valence-corrected chi connectivity index (χ1v) is 9.75. The number of halogens is 1. The molecule has 0 radical (unpaired) electrons. The smallest absolute Gasteiger partial charge is 0.244 e. The number of anilines is 1. The van der Waals surface area contributed by atoms with Crippen LogP contribution in [-0.4, -0.2) is 38.7 Å². The number of aryl methyl sites for hydroxylation is 1. The summed E-state index contributed by atoms with van der Waals surface area (Å²) in [5, 5.41) is 5.33. The molecule has 29 heavy (non-hydrogen) atoms. The Morgan fingerprint density at radius 3 is 2.76 bits per heavy atom. The Labute approximate surface area is 177 Å². The highest BCUT2D eigenvalue weighted by molar-refractivity contribution is 9.10. The molecule has 0 unspecified atom stereocenters. The Balaban J connectivity index is 1.56. The van der Waals surface area contributed by atoms with Crippen LogP contribution in [-0.2, 0) is 9.59 Å². The SMILES string of the molecule is COc1cc(/C=C/C(=O)NCC(=O)Nc2ccc(Br)cc2C)cc2c1OCCO2. The minimum absolute atomic E-state index is 0.136. The summed E-state index contributed by atoms with van der Waals surface area (Å²) in [6.07, 6.45) is 2.97. The highest BCUT2D eigenvalue weighted by Gasteiger charge is 2.17. The number of hydrogen-bond acceptors (Lipinski definition) is 5. The fourth-order valence-corrected chi connectivity index (χ4v) is 3.23. The number of carbonyl (C=O) groups excluding carboxylic acids is 2. The number of ether oxygens (including phenoxy) is 3. The van der Waals surface area contributed by atoms with Crippen molar-refractivity contribution in [2.75, 3.05) is 32.2 Å². The fourth-order valence-electron chi connectivity index (χ4n) is 2.75. The normalized spacial score (nSPS) is 12.5. The molecule has 0 aliphatic carbocycles. The maximum absolute atomic E-state index is 12.1. The van der Waals surface area contributed by atoms with Crippen LogP contribution in [0.5, 0.6) is 17.2 Å². The summed E-state index contributed by atoms with van der Waals surface area (Å²) in [6, 6.07) is 9.06. The van der Waals surface area contributed by atoms with Crippen molar-refractivity contribution in [2.24, 2.45) is 0 Å². The molecule has 152 valence electrons. The lowest BCUT2D eigenvalue weighted by atomic mass is 10.1. The molecule has 2 N–H and O–H groups in total. The van der Waals surface area contributed by atoms with E-state index >= 15 is 0 Å². The molecule has 1 aliphatic heterocycles. The Bertz CT molecular complexity index is 941. The van der Waals surface area contributed by atoms with Crippen LogP contribution < -0.4 is 24.8 Å². The van der Waals surface area contributed by atoms with Gasteiger partial charge in [0.15, 0.2) is 11.5 Å². The summed E-state index contributed by atoms with van der Waals surface area (Å²) in [5.41, 5.74) is 2.34. The van der Waals surface area contributed by atoms with Gasteiger partial charge in [0.25, 0.3) is 0 Å². The van der Waals surface area contributed by atoms with E-state index in [1.165, 1.54) is 6.08 Å².